The van der Waals surface area contributed by atoms with Crippen LogP contribution < -0.4 is 20.7 Å². The Hall–Kier alpha value is -2.87. The lowest BCUT2D eigenvalue weighted by molar-refractivity contribution is -0.115. The minimum Gasteiger partial charge on any atom is -0.463 e. The standard InChI is InChI=1S/C22H30N6O2/c1-2-3-11-30-22-25-20(23)19-21(26-22)28(15-18(29)24-19)14-17-8-6-7-16(12-17)13-27-9-4-5-10-27/h6-8,12H,2-5,9-11,13-15H2,1H3,(H,24,29)(H2,23,25,26)/i11D. The molecule has 1 unspecified atom stereocenters. The summed E-state index contributed by atoms with van der Waals surface area (Å²) in [5.74, 6) is 0.509. The average Bonchev–Trinajstić information content (AvgIpc) is 3.22. The number of rotatable bonds is 8. The highest BCUT2D eigenvalue weighted by atomic mass is 16.5. The summed E-state index contributed by atoms with van der Waals surface area (Å²) in [5.41, 5.74) is 8.85. The van der Waals surface area contributed by atoms with E-state index in [2.05, 4.69) is 44.5 Å². The van der Waals surface area contributed by atoms with E-state index in [0.717, 1.165) is 31.6 Å². The van der Waals surface area contributed by atoms with Gasteiger partial charge in [0.25, 0.3) is 0 Å². The Bertz CT molecular complexity index is 934. The molecule has 0 saturated carbocycles. The number of hydrogen-bond acceptors (Lipinski definition) is 7. The first-order chi connectivity index (χ1) is 15.0. The highest BCUT2D eigenvalue weighted by molar-refractivity contribution is 6.03. The minimum atomic E-state index is -0.753. The van der Waals surface area contributed by atoms with E-state index in [0.29, 0.717) is 24.5 Å². The summed E-state index contributed by atoms with van der Waals surface area (Å²) in [6.45, 7) is 5.16. The monoisotopic (exact) mass is 411 g/mol. The second kappa shape index (κ2) is 9.30. The van der Waals surface area contributed by atoms with Gasteiger partial charge in [-0.2, -0.15) is 9.97 Å². The molecule has 1 fully saturated rings. The van der Waals surface area contributed by atoms with Gasteiger partial charge >= 0.3 is 6.01 Å². The molecule has 1 saturated heterocycles. The summed E-state index contributed by atoms with van der Waals surface area (Å²) < 4.78 is 13.5. The highest BCUT2D eigenvalue weighted by Crippen LogP contribution is 2.34. The minimum absolute atomic E-state index is 0.0635. The maximum Gasteiger partial charge on any atom is 0.320 e. The molecule has 8 nitrogen and oxygen atoms in total. The molecule has 0 aliphatic carbocycles. The van der Waals surface area contributed by atoms with Crippen molar-refractivity contribution in [1.29, 1.82) is 0 Å². The number of nitrogens with two attached hydrogens (primary N) is 1. The van der Waals surface area contributed by atoms with E-state index in [4.69, 9.17) is 11.8 Å². The number of nitrogens with one attached hydrogen (secondary N) is 1. The fourth-order valence-corrected chi connectivity index (χ4v) is 3.90. The van der Waals surface area contributed by atoms with E-state index in [-0.39, 0.29) is 24.3 Å². The van der Waals surface area contributed by atoms with Crippen molar-refractivity contribution in [2.24, 2.45) is 0 Å². The van der Waals surface area contributed by atoms with Gasteiger partial charge in [0.15, 0.2) is 11.6 Å². The average molecular weight is 412 g/mol. The molecule has 3 N–H and O–H groups in total. The summed E-state index contributed by atoms with van der Waals surface area (Å²) in [7, 11) is 0. The third-order valence-electron chi connectivity index (χ3n) is 5.36. The molecular formula is C22H30N6O2. The number of benzene rings is 1. The van der Waals surface area contributed by atoms with Crippen molar-refractivity contribution in [2.75, 3.05) is 42.2 Å². The number of fused-ring (bicyclic) bond motifs is 1. The number of carbonyl (C=O) groups excluding carboxylic acids is 1. The number of nitrogen functional groups attached to an aromatic ring is 1. The third kappa shape index (κ3) is 4.81. The van der Waals surface area contributed by atoms with Gasteiger partial charge in [0.05, 0.1) is 14.5 Å². The van der Waals surface area contributed by atoms with Crippen LogP contribution in [0.1, 0.15) is 45.1 Å². The molecule has 30 heavy (non-hydrogen) atoms. The highest BCUT2D eigenvalue weighted by Gasteiger charge is 2.27. The van der Waals surface area contributed by atoms with Gasteiger partial charge in [-0.05, 0) is 43.5 Å². The molecule has 4 rings (SSSR count). The van der Waals surface area contributed by atoms with Gasteiger partial charge in [0, 0.05) is 13.1 Å². The number of amides is 1. The van der Waals surface area contributed by atoms with Gasteiger partial charge in [-0.3, -0.25) is 9.69 Å². The smallest absolute Gasteiger partial charge is 0.320 e. The maximum absolute atomic E-state index is 12.3. The van der Waals surface area contributed by atoms with Crippen LogP contribution in [0.15, 0.2) is 24.3 Å². The second-order valence-corrected chi connectivity index (χ2v) is 7.87. The second-order valence-electron chi connectivity index (χ2n) is 7.87. The summed E-state index contributed by atoms with van der Waals surface area (Å²) in [4.78, 5) is 25.3. The van der Waals surface area contributed by atoms with Crippen LogP contribution in [0.5, 0.6) is 6.01 Å². The predicted molar refractivity (Wildman–Crippen MR) is 117 cm³/mol. The summed E-state index contributed by atoms with van der Waals surface area (Å²) >= 11 is 0. The quantitative estimate of drug-likeness (QED) is 0.689. The Morgan fingerprint density at radius 2 is 2.00 bits per heavy atom. The van der Waals surface area contributed by atoms with E-state index >= 15 is 0 Å². The molecule has 0 radical (unpaired) electrons. The van der Waals surface area contributed by atoms with E-state index in [1.807, 2.05) is 11.8 Å². The normalized spacial score (nSPS) is 18.0. The fourth-order valence-electron chi connectivity index (χ4n) is 3.90. The van der Waals surface area contributed by atoms with Crippen molar-refractivity contribution in [3.63, 3.8) is 0 Å². The molecule has 160 valence electrons. The Balaban J connectivity index is 1.55. The number of carbonyl (C=O) groups is 1. The zero-order chi connectivity index (χ0) is 21.8. The number of ether oxygens (including phenoxy) is 1. The maximum atomic E-state index is 12.3. The van der Waals surface area contributed by atoms with E-state index in [9.17, 15) is 4.79 Å². The number of hydrogen-bond donors (Lipinski definition) is 2. The summed E-state index contributed by atoms with van der Waals surface area (Å²) in [6.07, 6.45) is 3.93. The molecule has 0 spiro atoms. The first kappa shape index (κ1) is 19.1. The Kier molecular flexibility index (Phi) is 5.92. The molecule has 3 heterocycles. The van der Waals surface area contributed by atoms with Crippen molar-refractivity contribution >= 4 is 23.2 Å². The molecule has 1 aromatic carbocycles. The first-order valence-electron chi connectivity index (χ1n) is 11.2. The number of likely N-dealkylation sites (tertiary alicyclic amines) is 1. The third-order valence-corrected chi connectivity index (χ3v) is 5.36. The number of nitrogens with zero attached hydrogens (tertiary/aromatic N) is 4. The van der Waals surface area contributed by atoms with Gasteiger partial charge < -0.3 is 20.7 Å². The number of aromatic nitrogens is 2. The van der Waals surface area contributed by atoms with Crippen LogP contribution in [-0.4, -0.2) is 47.0 Å². The first-order valence-corrected chi connectivity index (χ1v) is 10.6. The Morgan fingerprint density at radius 1 is 1.23 bits per heavy atom. The van der Waals surface area contributed by atoms with E-state index in [1.54, 1.807) is 0 Å². The van der Waals surface area contributed by atoms with Gasteiger partial charge in [-0.15, -0.1) is 0 Å². The van der Waals surface area contributed by atoms with Crippen LogP contribution in [0.25, 0.3) is 0 Å². The molecule has 2 aliphatic rings. The topological polar surface area (TPSA) is 96.6 Å². The van der Waals surface area contributed by atoms with Crippen molar-refractivity contribution in [3.05, 3.63) is 35.4 Å². The molecule has 1 aromatic heterocycles. The summed E-state index contributed by atoms with van der Waals surface area (Å²) in [6, 6.07) is 8.52. The van der Waals surface area contributed by atoms with Crippen LogP contribution in [0.4, 0.5) is 17.3 Å². The van der Waals surface area contributed by atoms with Gasteiger partial charge in [-0.1, -0.05) is 37.6 Å². The van der Waals surface area contributed by atoms with Crippen LogP contribution in [0.3, 0.4) is 0 Å². The van der Waals surface area contributed by atoms with Gasteiger partial charge in [0.1, 0.15) is 5.69 Å². The molecule has 1 amide bonds. The van der Waals surface area contributed by atoms with Crippen LogP contribution in [0, 0.1) is 0 Å². The van der Waals surface area contributed by atoms with Crippen LogP contribution >= 0.6 is 0 Å². The molecule has 8 heteroatoms. The summed E-state index contributed by atoms with van der Waals surface area (Å²) in [5, 5.41) is 2.77. The zero-order valence-corrected chi connectivity index (χ0v) is 17.4. The van der Waals surface area contributed by atoms with Gasteiger partial charge in [0.2, 0.25) is 5.91 Å². The van der Waals surface area contributed by atoms with Crippen molar-refractivity contribution < 1.29 is 10.9 Å². The molecule has 0 bridgehead atoms. The van der Waals surface area contributed by atoms with Crippen molar-refractivity contribution in [1.82, 2.24) is 14.9 Å². The van der Waals surface area contributed by atoms with Gasteiger partial charge in [-0.25, -0.2) is 0 Å². The van der Waals surface area contributed by atoms with E-state index in [1.165, 1.54) is 18.4 Å². The lowest BCUT2D eigenvalue weighted by Crippen LogP contribution is -2.39. The number of anilines is 3. The lowest BCUT2D eigenvalue weighted by Gasteiger charge is -2.30. The van der Waals surface area contributed by atoms with Crippen LogP contribution in [0.2, 0.25) is 0 Å². The lowest BCUT2D eigenvalue weighted by atomic mass is 10.1. The van der Waals surface area contributed by atoms with Crippen molar-refractivity contribution in [3.8, 4) is 6.01 Å². The fraction of sp³-hybridized carbons (Fsp3) is 0.500. The SMILES string of the molecule is [2H]C(CCC)Oc1nc(N)c2c(n1)N(Cc1cccc(CN3CCCC3)c1)CC(=O)N2. The molecule has 2 aromatic rings. The largest absolute Gasteiger partial charge is 0.463 e. The zero-order valence-electron chi connectivity index (χ0n) is 18.4. The predicted octanol–water partition coefficient (Wildman–Crippen LogP) is 2.79. The van der Waals surface area contributed by atoms with Crippen molar-refractivity contribution in [2.45, 2.75) is 45.7 Å². The molecule has 1 atom stereocenters. The Morgan fingerprint density at radius 3 is 2.77 bits per heavy atom. The molecular weight excluding hydrogens is 380 g/mol. The Labute approximate surface area is 178 Å². The van der Waals surface area contributed by atoms with E-state index < -0.39 is 6.58 Å². The molecule has 2 aliphatic heterocycles. The van der Waals surface area contributed by atoms with Crippen LogP contribution in [-0.2, 0) is 17.9 Å².